The molecule has 0 aromatic heterocycles. The first-order valence-corrected chi connectivity index (χ1v) is 14.7. The first-order valence-electron chi connectivity index (χ1n) is 14.7. The van der Waals surface area contributed by atoms with Gasteiger partial charge in [-0.1, -0.05) is 60.6 Å². The Morgan fingerprint density at radius 3 is 2.23 bits per heavy atom. The number of hydrazone groups is 1. The Hall–Kier alpha value is -3.35. The number of ether oxygens (including phenoxy) is 1. The van der Waals surface area contributed by atoms with Crippen LogP contribution in [0.25, 0.3) is 0 Å². The minimum atomic E-state index is -0.625. The van der Waals surface area contributed by atoms with Crippen molar-refractivity contribution in [2.45, 2.75) is 93.1 Å². The van der Waals surface area contributed by atoms with Gasteiger partial charge in [-0.15, -0.1) is 0 Å². The molecule has 1 N–H and O–H groups in total. The van der Waals surface area contributed by atoms with Gasteiger partial charge in [-0.05, 0) is 84.4 Å². The normalized spacial score (nSPS) is 16.8. The van der Waals surface area contributed by atoms with Gasteiger partial charge in [0.05, 0.1) is 12.1 Å². The first-order chi connectivity index (χ1) is 18.8. The van der Waals surface area contributed by atoms with Crippen LogP contribution < -0.4 is 15.1 Å². The van der Waals surface area contributed by atoms with E-state index in [9.17, 15) is 9.59 Å². The molecule has 2 heterocycles. The third kappa shape index (κ3) is 7.86. The van der Waals surface area contributed by atoms with E-state index in [1.54, 1.807) is 0 Å². The fraction of sp³-hybridized carbons (Fsp3) is 0.545. The van der Waals surface area contributed by atoms with Crippen molar-refractivity contribution in [3.8, 4) is 5.75 Å². The van der Waals surface area contributed by atoms with Crippen LogP contribution in [-0.2, 0) is 22.4 Å². The molecule has 2 amide bonds. The number of benzene rings is 2. The maximum absolute atomic E-state index is 13.3. The van der Waals surface area contributed by atoms with Gasteiger partial charge in [-0.3, -0.25) is 9.59 Å². The van der Waals surface area contributed by atoms with Crippen LogP contribution in [0.4, 0.5) is 11.4 Å². The van der Waals surface area contributed by atoms with Gasteiger partial charge in [-0.2, -0.15) is 10.1 Å². The van der Waals surface area contributed by atoms with Crippen LogP contribution in [0.2, 0.25) is 0 Å². The second-order valence-corrected chi connectivity index (χ2v) is 13.6. The molecule has 2 aromatic rings. The van der Waals surface area contributed by atoms with E-state index in [-0.39, 0.29) is 22.6 Å². The number of rotatable bonds is 8. The molecule has 0 aliphatic carbocycles. The lowest BCUT2D eigenvalue weighted by Gasteiger charge is -2.25. The third-order valence-electron chi connectivity index (χ3n) is 7.12. The number of carbonyl (C=O) groups excluding carboxylic acids is 2. The third-order valence-corrected chi connectivity index (χ3v) is 7.12. The van der Waals surface area contributed by atoms with Gasteiger partial charge in [-0.25, -0.2) is 0 Å². The van der Waals surface area contributed by atoms with Crippen molar-refractivity contribution in [2.24, 2.45) is 15.9 Å². The molecule has 1 atom stereocenters. The second-order valence-electron chi connectivity index (χ2n) is 13.6. The summed E-state index contributed by atoms with van der Waals surface area (Å²) >= 11 is 0. The van der Waals surface area contributed by atoms with Gasteiger partial charge in [0.2, 0.25) is 0 Å². The molecule has 1 saturated heterocycles. The van der Waals surface area contributed by atoms with E-state index in [1.807, 2.05) is 37.3 Å². The summed E-state index contributed by atoms with van der Waals surface area (Å²) in [6.45, 7) is 17.3. The number of carbonyl (C=O) groups is 2. The van der Waals surface area contributed by atoms with E-state index in [2.05, 4.69) is 69.0 Å². The van der Waals surface area contributed by atoms with Crippen molar-refractivity contribution >= 4 is 29.0 Å². The topological polar surface area (TPSA) is 74.2 Å². The number of nitrogens with one attached hydrogen (secondary N) is 1. The Morgan fingerprint density at radius 1 is 0.975 bits per heavy atom. The van der Waals surface area contributed by atoms with Crippen LogP contribution in [0.3, 0.4) is 0 Å². The molecule has 2 aliphatic rings. The Balaban J connectivity index is 1.44. The van der Waals surface area contributed by atoms with Crippen molar-refractivity contribution in [3.05, 3.63) is 53.6 Å². The summed E-state index contributed by atoms with van der Waals surface area (Å²) in [6, 6.07) is 13.6. The molecule has 7 nitrogen and oxygen atoms in total. The molecule has 2 aliphatic heterocycles. The second kappa shape index (κ2) is 12.0. The monoisotopic (exact) mass is 546 g/mol. The minimum absolute atomic E-state index is 0.0299. The molecule has 7 heteroatoms. The fourth-order valence-electron chi connectivity index (χ4n) is 5.33. The predicted molar refractivity (Wildman–Crippen MR) is 163 cm³/mol. The summed E-state index contributed by atoms with van der Waals surface area (Å²) < 4.78 is 6.35. The molecular formula is C33H46N4O3. The maximum atomic E-state index is 13.3. The van der Waals surface area contributed by atoms with Crippen LogP contribution in [0.15, 0.2) is 47.6 Å². The molecule has 2 aromatic carbocycles. The molecule has 0 radical (unpaired) electrons. The van der Waals surface area contributed by atoms with E-state index >= 15 is 0 Å². The molecule has 0 spiro atoms. The van der Waals surface area contributed by atoms with Gasteiger partial charge in [0.25, 0.3) is 11.8 Å². The van der Waals surface area contributed by atoms with Gasteiger partial charge in [0, 0.05) is 18.8 Å². The summed E-state index contributed by atoms with van der Waals surface area (Å²) in [4.78, 5) is 28.1. The van der Waals surface area contributed by atoms with E-state index in [4.69, 9.17) is 4.74 Å². The Kier molecular flexibility index (Phi) is 8.91. The number of amides is 2. The summed E-state index contributed by atoms with van der Waals surface area (Å²) in [5.41, 5.74) is 4.04. The molecule has 40 heavy (non-hydrogen) atoms. The molecule has 0 saturated carbocycles. The summed E-state index contributed by atoms with van der Waals surface area (Å²) in [5, 5.41) is 9.04. The highest BCUT2D eigenvalue weighted by molar-refractivity contribution is 6.12. The van der Waals surface area contributed by atoms with Crippen LogP contribution in [0, 0.1) is 10.8 Å². The number of hydrogen-bond acceptors (Lipinski definition) is 5. The van der Waals surface area contributed by atoms with E-state index < -0.39 is 6.10 Å². The lowest BCUT2D eigenvalue weighted by molar-refractivity contribution is -0.123. The van der Waals surface area contributed by atoms with E-state index in [0.29, 0.717) is 24.2 Å². The summed E-state index contributed by atoms with van der Waals surface area (Å²) in [7, 11) is 0. The van der Waals surface area contributed by atoms with Crippen molar-refractivity contribution in [1.82, 2.24) is 4.90 Å². The number of likely N-dealkylation sites (tertiary alicyclic amines) is 1. The Morgan fingerprint density at radius 2 is 1.62 bits per heavy atom. The standard InChI is InChI=1S/C33H46N4O3/c1-8-27(40-28-16-11-23(21-32(2,3)4)19-24(28)22-33(5,6)7)31(39)34-25-12-14-26(15-13-25)37-30(38)20-29(35-37)36-17-9-10-18-36/h11-16,19,27H,8-10,17-18,20-22H2,1-7H3,(H,34,39). The van der Waals surface area contributed by atoms with E-state index in [1.165, 1.54) is 10.6 Å². The molecular weight excluding hydrogens is 500 g/mol. The lowest BCUT2D eigenvalue weighted by atomic mass is 9.84. The largest absolute Gasteiger partial charge is 0.480 e. The average molecular weight is 547 g/mol. The first kappa shape index (κ1) is 29.6. The highest BCUT2D eigenvalue weighted by Gasteiger charge is 2.30. The number of amidine groups is 1. The van der Waals surface area contributed by atoms with Gasteiger partial charge < -0.3 is 15.0 Å². The zero-order valence-corrected chi connectivity index (χ0v) is 25.3. The van der Waals surface area contributed by atoms with Crippen LogP contribution in [0.1, 0.15) is 85.3 Å². The van der Waals surface area contributed by atoms with Crippen molar-refractivity contribution in [3.63, 3.8) is 0 Å². The zero-order valence-electron chi connectivity index (χ0n) is 25.3. The Labute approximate surface area is 240 Å². The lowest BCUT2D eigenvalue weighted by Crippen LogP contribution is -2.32. The van der Waals surface area contributed by atoms with E-state index in [0.717, 1.165) is 55.9 Å². The quantitative estimate of drug-likeness (QED) is 0.395. The fourth-order valence-corrected chi connectivity index (χ4v) is 5.33. The van der Waals surface area contributed by atoms with Crippen molar-refractivity contribution < 1.29 is 14.3 Å². The number of nitrogens with zero attached hydrogens (tertiary/aromatic N) is 3. The summed E-state index contributed by atoms with van der Waals surface area (Å²) in [6.07, 6.45) is 4.37. The van der Waals surface area contributed by atoms with Gasteiger partial charge >= 0.3 is 0 Å². The van der Waals surface area contributed by atoms with Gasteiger partial charge in [0.1, 0.15) is 11.6 Å². The average Bonchev–Trinajstić information content (AvgIpc) is 3.52. The molecule has 1 unspecified atom stereocenters. The molecule has 0 bridgehead atoms. The molecule has 4 rings (SSSR count). The molecule has 1 fully saturated rings. The maximum Gasteiger partial charge on any atom is 0.265 e. The number of anilines is 2. The number of hydrogen-bond donors (Lipinski definition) is 1. The van der Waals surface area contributed by atoms with Crippen LogP contribution in [0.5, 0.6) is 5.75 Å². The minimum Gasteiger partial charge on any atom is -0.480 e. The highest BCUT2D eigenvalue weighted by atomic mass is 16.5. The SMILES string of the molecule is CCC(Oc1ccc(CC(C)(C)C)cc1CC(C)(C)C)C(=O)Nc1ccc(N2N=C(N3CCCC3)CC2=O)cc1. The van der Waals surface area contributed by atoms with Crippen LogP contribution in [-0.4, -0.2) is 41.7 Å². The highest BCUT2D eigenvalue weighted by Crippen LogP contribution is 2.32. The predicted octanol–water partition coefficient (Wildman–Crippen LogP) is 6.81. The van der Waals surface area contributed by atoms with Crippen molar-refractivity contribution in [2.75, 3.05) is 23.4 Å². The zero-order chi connectivity index (χ0) is 29.1. The van der Waals surface area contributed by atoms with Gasteiger partial charge in [0.15, 0.2) is 6.10 Å². The molecule has 216 valence electrons. The Bertz CT molecular complexity index is 1230. The summed E-state index contributed by atoms with van der Waals surface area (Å²) in [5.74, 6) is 1.39. The smallest absolute Gasteiger partial charge is 0.265 e. The van der Waals surface area contributed by atoms with Crippen molar-refractivity contribution in [1.29, 1.82) is 0 Å². The van der Waals surface area contributed by atoms with Crippen LogP contribution >= 0.6 is 0 Å².